The molecule has 3 aromatic rings. The number of aryl methyl sites for hydroxylation is 1. The average Bonchev–Trinajstić information content (AvgIpc) is 3.63. The Hall–Kier alpha value is -3.83. The van der Waals surface area contributed by atoms with Crippen LogP contribution in [-0.2, 0) is 37.0 Å². The van der Waals surface area contributed by atoms with Crippen molar-refractivity contribution in [1.82, 2.24) is 29.5 Å². The number of fused-ring (bicyclic) bond motifs is 3. The molecule has 4 aliphatic rings. The van der Waals surface area contributed by atoms with Gasteiger partial charge in [-0.05, 0) is 31.9 Å². The Labute approximate surface area is 288 Å². The molecule has 4 aliphatic heterocycles. The number of alkyl halides is 4. The molecule has 2 N–H and O–H groups in total. The van der Waals surface area contributed by atoms with E-state index in [1.54, 1.807) is 18.8 Å². The monoisotopic (exact) mass is 728 g/mol. The van der Waals surface area contributed by atoms with Crippen molar-refractivity contribution in [2.45, 2.75) is 75.8 Å². The summed E-state index contributed by atoms with van der Waals surface area (Å²) in [6, 6.07) is 0.0728. The fraction of sp³-hybridized carbons (Fsp3) is 0.562. The first-order valence-corrected chi connectivity index (χ1v) is 16.6. The number of nitrogens with zero attached hydrogens (tertiary/aromatic N) is 7. The minimum absolute atomic E-state index is 0.0848. The van der Waals surface area contributed by atoms with Crippen molar-refractivity contribution in [2.75, 3.05) is 51.0 Å². The summed E-state index contributed by atoms with van der Waals surface area (Å²) in [4.78, 5) is 27.4. The van der Waals surface area contributed by atoms with Crippen molar-refractivity contribution >= 4 is 29.0 Å². The first-order valence-electron chi connectivity index (χ1n) is 16.3. The van der Waals surface area contributed by atoms with Crippen molar-refractivity contribution in [2.24, 2.45) is 0 Å². The molecular formula is C32H35ClF6N8O3. The topological polar surface area (TPSA) is 115 Å². The second-order valence-corrected chi connectivity index (χ2v) is 13.9. The van der Waals surface area contributed by atoms with E-state index in [4.69, 9.17) is 31.8 Å². The molecule has 1 aromatic carbocycles. The Balaban J connectivity index is 1.28. The van der Waals surface area contributed by atoms with Crippen LogP contribution in [0, 0.1) is 11.6 Å². The predicted molar refractivity (Wildman–Crippen MR) is 169 cm³/mol. The maximum Gasteiger partial charge on any atom is 0.416 e. The number of nitrogen functional groups attached to an aromatic ring is 1. The fourth-order valence-electron chi connectivity index (χ4n) is 7.60. The molecule has 1 amide bonds. The highest BCUT2D eigenvalue weighted by Gasteiger charge is 2.49. The quantitative estimate of drug-likeness (QED) is 0.274. The summed E-state index contributed by atoms with van der Waals surface area (Å²) in [6.45, 7) is 1.82. The largest absolute Gasteiger partial charge is 0.461 e. The van der Waals surface area contributed by atoms with E-state index in [1.807, 2.05) is 4.90 Å². The number of aromatic nitrogens is 4. The molecule has 0 bridgehead atoms. The molecule has 0 radical (unpaired) electrons. The number of amides is 1. The lowest BCUT2D eigenvalue weighted by Gasteiger charge is -2.33. The van der Waals surface area contributed by atoms with Gasteiger partial charge in [0.1, 0.15) is 30.1 Å². The maximum atomic E-state index is 15.4. The molecule has 270 valence electrons. The molecule has 18 heteroatoms. The Morgan fingerprint density at radius 1 is 1.20 bits per heavy atom. The molecular weight excluding hydrogens is 694 g/mol. The van der Waals surface area contributed by atoms with Gasteiger partial charge in [-0.25, -0.2) is 13.2 Å². The van der Waals surface area contributed by atoms with Crippen LogP contribution in [0.1, 0.15) is 70.4 Å². The normalized spacial score (nSPS) is 23.7. The van der Waals surface area contributed by atoms with E-state index in [2.05, 4.69) is 15.0 Å². The van der Waals surface area contributed by atoms with Gasteiger partial charge in [-0.1, -0.05) is 11.6 Å². The molecule has 0 unspecified atom stereocenters. The highest BCUT2D eigenvalue weighted by Crippen LogP contribution is 2.45. The van der Waals surface area contributed by atoms with Crippen molar-refractivity contribution in [3.8, 4) is 6.01 Å². The van der Waals surface area contributed by atoms with Crippen LogP contribution in [0.4, 0.5) is 37.8 Å². The molecule has 2 fully saturated rings. The minimum Gasteiger partial charge on any atom is -0.461 e. The molecule has 11 nitrogen and oxygen atoms in total. The van der Waals surface area contributed by atoms with Gasteiger partial charge < -0.3 is 25.0 Å². The van der Waals surface area contributed by atoms with E-state index in [0.29, 0.717) is 43.1 Å². The van der Waals surface area contributed by atoms with Gasteiger partial charge >= 0.3 is 12.2 Å². The Morgan fingerprint density at radius 3 is 2.72 bits per heavy atom. The average molecular weight is 729 g/mol. The van der Waals surface area contributed by atoms with Crippen molar-refractivity contribution < 1.29 is 40.6 Å². The number of hydrogen-bond acceptors (Lipinski definition) is 9. The fourth-order valence-corrected chi connectivity index (χ4v) is 7.88. The third-order valence-corrected chi connectivity index (χ3v) is 10.4. The Kier molecular flexibility index (Phi) is 8.82. The SMILES string of the molecule is CN(C)C(=O)c1nn2c(c1Cl)CN(c1nc(OC[C@@]34CCCN3C[C@H](F)C4)nc3c1CO[C@@H](c1c(C(F)(F)F)cc(F)c(N)c1F)C3)CCC2. The summed E-state index contributed by atoms with van der Waals surface area (Å²) < 4.78 is 100. The van der Waals surface area contributed by atoms with Gasteiger partial charge in [0, 0.05) is 57.7 Å². The Bertz CT molecular complexity index is 1840. The van der Waals surface area contributed by atoms with Gasteiger partial charge in [-0.2, -0.15) is 28.2 Å². The minimum atomic E-state index is -5.11. The summed E-state index contributed by atoms with van der Waals surface area (Å²) in [5, 5.41) is 4.63. The van der Waals surface area contributed by atoms with Gasteiger partial charge in [-0.15, -0.1) is 0 Å². The summed E-state index contributed by atoms with van der Waals surface area (Å²) in [5.41, 5.74) is 2.75. The van der Waals surface area contributed by atoms with Crippen molar-refractivity contribution in [3.05, 3.63) is 56.5 Å². The summed E-state index contributed by atoms with van der Waals surface area (Å²) in [6.07, 6.45) is -5.54. The predicted octanol–water partition coefficient (Wildman–Crippen LogP) is 5.09. The highest BCUT2D eigenvalue weighted by molar-refractivity contribution is 6.34. The van der Waals surface area contributed by atoms with E-state index < -0.39 is 52.4 Å². The van der Waals surface area contributed by atoms with Gasteiger partial charge in [0.05, 0.1) is 46.8 Å². The number of carbonyl (C=O) groups is 1. The van der Waals surface area contributed by atoms with Gasteiger partial charge in [0.25, 0.3) is 5.91 Å². The lowest BCUT2D eigenvalue weighted by Crippen LogP contribution is -2.43. The van der Waals surface area contributed by atoms with Gasteiger partial charge in [-0.3, -0.25) is 14.4 Å². The zero-order valence-corrected chi connectivity index (χ0v) is 28.1. The zero-order valence-electron chi connectivity index (χ0n) is 27.3. The van der Waals surface area contributed by atoms with E-state index >= 15 is 4.39 Å². The number of ether oxygens (including phenoxy) is 2. The second-order valence-electron chi connectivity index (χ2n) is 13.5. The van der Waals surface area contributed by atoms with Crippen LogP contribution < -0.4 is 15.4 Å². The molecule has 0 aliphatic carbocycles. The smallest absolute Gasteiger partial charge is 0.416 e. The van der Waals surface area contributed by atoms with E-state index in [-0.39, 0.29) is 67.0 Å². The number of rotatable bonds is 6. The summed E-state index contributed by atoms with van der Waals surface area (Å²) >= 11 is 6.70. The van der Waals surface area contributed by atoms with Crippen molar-refractivity contribution in [1.29, 1.82) is 0 Å². The maximum absolute atomic E-state index is 15.4. The van der Waals surface area contributed by atoms with Crippen LogP contribution >= 0.6 is 11.6 Å². The number of hydrogen-bond donors (Lipinski definition) is 1. The van der Waals surface area contributed by atoms with E-state index in [1.165, 1.54) is 4.90 Å². The second kappa shape index (κ2) is 12.7. The highest BCUT2D eigenvalue weighted by atomic mass is 35.5. The Morgan fingerprint density at radius 2 is 1.98 bits per heavy atom. The standard InChI is InChI=1S/C32H35ClF6N8O3/c1-44(2)29(48)27-24(33)21-13-45(6-4-8-47(21)43-27)28-17-14-49-22(23-18(32(37,38)39)9-19(35)26(40)25(23)36)10-20(17)41-30(42-28)50-15-31-5-3-7-46(31)12-16(34)11-31/h9,16,22H,3-8,10-15,40H2,1-2H3/t16-,22-,31+/m1/s1. The lowest BCUT2D eigenvalue weighted by molar-refractivity contribution is -0.140. The molecule has 2 saturated heterocycles. The number of anilines is 2. The molecule has 6 heterocycles. The molecule has 50 heavy (non-hydrogen) atoms. The van der Waals surface area contributed by atoms with Crippen LogP contribution in [0.2, 0.25) is 5.02 Å². The third-order valence-electron chi connectivity index (χ3n) is 10.0. The number of halogens is 7. The van der Waals surface area contributed by atoms with Crippen LogP contribution in [-0.4, -0.2) is 87.5 Å². The first kappa shape index (κ1) is 34.6. The number of benzene rings is 1. The first-order chi connectivity index (χ1) is 23.7. The molecule has 2 aromatic heterocycles. The molecule has 7 rings (SSSR count). The van der Waals surface area contributed by atoms with Crippen LogP contribution in [0.5, 0.6) is 6.01 Å². The van der Waals surface area contributed by atoms with Gasteiger partial charge in [0.15, 0.2) is 11.5 Å². The van der Waals surface area contributed by atoms with Crippen LogP contribution in [0.15, 0.2) is 6.07 Å². The lowest BCUT2D eigenvalue weighted by atomic mass is 9.93. The molecule has 0 saturated carbocycles. The van der Waals surface area contributed by atoms with Crippen molar-refractivity contribution in [3.63, 3.8) is 0 Å². The molecule has 3 atom stereocenters. The third kappa shape index (κ3) is 6.00. The zero-order chi connectivity index (χ0) is 35.7. The summed E-state index contributed by atoms with van der Waals surface area (Å²) in [7, 11) is 3.18. The van der Waals surface area contributed by atoms with Gasteiger partial charge in [0.2, 0.25) is 0 Å². The number of nitrogens with two attached hydrogens (primary N) is 1. The number of carbonyl (C=O) groups excluding carboxylic acids is 1. The molecule has 0 spiro atoms. The van der Waals surface area contributed by atoms with Crippen LogP contribution in [0.25, 0.3) is 0 Å². The summed E-state index contributed by atoms with van der Waals surface area (Å²) in [5.74, 6) is -3.11. The van der Waals surface area contributed by atoms with E-state index in [9.17, 15) is 26.7 Å². The van der Waals surface area contributed by atoms with Crippen LogP contribution in [0.3, 0.4) is 0 Å². The van der Waals surface area contributed by atoms with E-state index in [0.717, 1.165) is 19.4 Å².